The molecule has 1 saturated heterocycles. The number of nitrogens with zero attached hydrogens (tertiary/aromatic N) is 2. The van der Waals surface area contributed by atoms with Crippen LogP contribution in [0, 0.1) is 6.92 Å². The molecule has 1 amide bonds. The molecule has 2 aliphatic rings. The predicted octanol–water partition coefficient (Wildman–Crippen LogP) is 3.33. The number of ether oxygens (including phenoxy) is 1. The van der Waals surface area contributed by atoms with E-state index in [0.29, 0.717) is 17.1 Å². The van der Waals surface area contributed by atoms with Crippen molar-refractivity contribution in [1.29, 1.82) is 0 Å². The molecule has 1 aromatic carbocycles. The average molecular weight is 358 g/mol. The number of amides is 1. The highest BCUT2D eigenvalue weighted by atomic mass is 35.5. The van der Waals surface area contributed by atoms with E-state index >= 15 is 0 Å². The molecule has 1 N–H and O–H groups in total. The van der Waals surface area contributed by atoms with Gasteiger partial charge in [0.1, 0.15) is 17.7 Å². The maximum Gasteiger partial charge on any atom is 0.253 e. The first-order valence-electron chi connectivity index (χ1n) is 8.56. The summed E-state index contributed by atoms with van der Waals surface area (Å²) in [5.41, 5.74) is 2.60. The van der Waals surface area contributed by atoms with Crippen molar-refractivity contribution >= 4 is 23.3 Å². The molecule has 0 aliphatic carbocycles. The summed E-state index contributed by atoms with van der Waals surface area (Å²) in [5.74, 6) is 1.78. The van der Waals surface area contributed by atoms with E-state index in [1.165, 1.54) is 0 Å². The van der Waals surface area contributed by atoms with Gasteiger partial charge in [0, 0.05) is 31.0 Å². The lowest BCUT2D eigenvalue weighted by atomic mass is 10.1. The van der Waals surface area contributed by atoms with Gasteiger partial charge in [0.05, 0.1) is 17.8 Å². The van der Waals surface area contributed by atoms with Gasteiger partial charge in [-0.1, -0.05) is 17.7 Å². The number of benzene rings is 1. The number of carbonyl (C=O) groups is 1. The second kappa shape index (κ2) is 6.56. The van der Waals surface area contributed by atoms with Crippen molar-refractivity contribution in [3.05, 3.63) is 52.2 Å². The molecule has 2 aromatic rings. The second-order valence-corrected chi connectivity index (χ2v) is 7.00. The minimum atomic E-state index is -0.0224. The summed E-state index contributed by atoms with van der Waals surface area (Å²) in [4.78, 5) is 18.8. The molecule has 0 bridgehead atoms. The molecule has 6 heteroatoms. The van der Waals surface area contributed by atoms with Crippen molar-refractivity contribution < 1.29 is 9.53 Å². The first-order valence-corrected chi connectivity index (χ1v) is 8.94. The number of rotatable bonds is 3. The van der Waals surface area contributed by atoms with E-state index < -0.39 is 0 Å². The summed E-state index contributed by atoms with van der Waals surface area (Å²) in [5, 5.41) is 3.52. The molecule has 1 fully saturated rings. The van der Waals surface area contributed by atoms with Gasteiger partial charge >= 0.3 is 0 Å². The summed E-state index contributed by atoms with van der Waals surface area (Å²) < 4.78 is 6.05. The van der Waals surface area contributed by atoms with Crippen LogP contribution in [-0.4, -0.2) is 30.1 Å². The molecule has 0 saturated carbocycles. The Morgan fingerprint density at radius 1 is 1.28 bits per heavy atom. The van der Waals surface area contributed by atoms with Crippen LogP contribution < -0.4 is 15.0 Å². The normalized spacial score (nSPS) is 17.4. The van der Waals surface area contributed by atoms with Crippen molar-refractivity contribution in [3.63, 3.8) is 0 Å². The van der Waals surface area contributed by atoms with Gasteiger partial charge in [-0.05, 0) is 36.8 Å². The minimum absolute atomic E-state index is 0.0224. The van der Waals surface area contributed by atoms with Crippen molar-refractivity contribution in [2.45, 2.75) is 32.4 Å². The highest BCUT2D eigenvalue weighted by molar-refractivity contribution is 6.30. The first kappa shape index (κ1) is 16.2. The Labute approximate surface area is 152 Å². The van der Waals surface area contributed by atoms with E-state index in [1.807, 2.05) is 37.3 Å². The quantitative estimate of drug-likeness (QED) is 0.915. The Hall–Kier alpha value is -2.27. The van der Waals surface area contributed by atoms with Crippen LogP contribution in [0.3, 0.4) is 0 Å². The van der Waals surface area contributed by atoms with Gasteiger partial charge < -0.3 is 15.0 Å². The summed E-state index contributed by atoms with van der Waals surface area (Å²) in [6, 6.07) is 9.49. The third-order valence-corrected chi connectivity index (χ3v) is 5.00. The van der Waals surface area contributed by atoms with E-state index in [1.54, 1.807) is 0 Å². The van der Waals surface area contributed by atoms with Gasteiger partial charge in [-0.2, -0.15) is 0 Å². The number of hydrogen-bond donors (Lipinski definition) is 1. The minimum Gasteiger partial charge on any atom is -0.490 e. The molecule has 3 heterocycles. The van der Waals surface area contributed by atoms with Crippen molar-refractivity contribution in [1.82, 2.24) is 10.3 Å². The number of aryl methyl sites for hydroxylation is 1. The Kier molecular flexibility index (Phi) is 4.25. The van der Waals surface area contributed by atoms with Gasteiger partial charge in [0.25, 0.3) is 5.91 Å². The van der Waals surface area contributed by atoms with Gasteiger partial charge in [-0.25, -0.2) is 4.98 Å². The Balaban J connectivity index is 1.43. The zero-order valence-electron chi connectivity index (χ0n) is 14.1. The topological polar surface area (TPSA) is 54.5 Å². The highest BCUT2D eigenvalue weighted by Crippen LogP contribution is 2.28. The SMILES string of the molecule is Cc1cc2c(nc1N1CCC(Oc3cccc(Cl)c3)CC1)CNC2=O. The number of aromatic nitrogens is 1. The number of fused-ring (bicyclic) bond motifs is 1. The largest absolute Gasteiger partial charge is 0.490 e. The lowest BCUT2D eigenvalue weighted by molar-refractivity contribution is 0.0965. The van der Waals surface area contributed by atoms with E-state index in [0.717, 1.165) is 48.8 Å². The molecule has 25 heavy (non-hydrogen) atoms. The second-order valence-electron chi connectivity index (χ2n) is 6.57. The van der Waals surface area contributed by atoms with Gasteiger partial charge in [-0.15, -0.1) is 0 Å². The van der Waals surface area contributed by atoms with E-state index in [-0.39, 0.29) is 12.0 Å². The predicted molar refractivity (Wildman–Crippen MR) is 97.5 cm³/mol. The number of piperidine rings is 1. The van der Waals surface area contributed by atoms with Crippen LogP contribution in [0.15, 0.2) is 30.3 Å². The zero-order chi connectivity index (χ0) is 17.4. The van der Waals surface area contributed by atoms with Gasteiger partial charge in [0.15, 0.2) is 0 Å². The van der Waals surface area contributed by atoms with Crippen molar-refractivity contribution in [3.8, 4) is 5.75 Å². The van der Waals surface area contributed by atoms with Crippen LogP contribution in [0.1, 0.15) is 34.5 Å². The molecule has 0 atom stereocenters. The lowest BCUT2D eigenvalue weighted by Crippen LogP contribution is -2.39. The molecular formula is C19H20ClN3O2. The maximum atomic E-state index is 11.8. The van der Waals surface area contributed by atoms with Crippen LogP contribution in [0.2, 0.25) is 5.02 Å². The number of hydrogen-bond acceptors (Lipinski definition) is 4. The maximum absolute atomic E-state index is 11.8. The third kappa shape index (κ3) is 3.29. The molecule has 0 unspecified atom stereocenters. The molecule has 1 aromatic heterocycles. The third-order valence-electron chi connectivity index (χ3n) is 4.77. The van der Waals surface area contributed by atoms with Crippen LogP contribution in [-0.2, 0) is 6.54 Å². The van der Waals surface area contributed by atoms with Gasteiger partial charge in [-0.3, -0.25) is 4.79 Å². The smallest absolute Gasteiger partial charge is 0.253 e. The summed E-state index contributed by atoms with van der Waals surface area (Å²) in [7, 11) is 0. The average Bonchev–Trinajstić information content (AvgIpc) is 2.95. The zero-order valence-corrected chi connectivity index (χ0v) is 14.8. The molecule has 2 aliphatic heterocycles. The number of anilines is 1. The summed E-state index contributed by atoms with van der Waals surface area (Å²) >= 11 is 6.01. The Morgan fingerprint density at radius 3 is 2.84 bits per heavy atom. The van der Waals surface area contributed by atoms with Crippen molar-refractivity contribution in [2.24, 2.45) is 0 Å². The molecule has 0 spiro atoms. The number of pyridine rings is 1. The lowest BCUT2D eigenvalue weighted by Gasteiger charge is -2.34. The molecule has 4 rings (SSSR count). The Bertz CT molecular complexity index is 816. The molecule has 0 radical (unpaired) electrons. The highest BCUT2D eigenvalue weighted by Gasteiger charge is 2.26. The molecule has 5 nitrogen and oxygen atoms in total. The standard InChI is InChI=1S/C19H20ClN3O2/c1-12-9-16-17(11-21-19(16)24)22-18(12)23-7-5-14(6-8-23)25-15-4-2-3-13(20)10-15/h2-4,9-10,14H,5-8,11H2,1H3,(H,21,24). The van der Waals surface area contributed by atoms with Crippen LogP contribution in [0.5, 0.6) is 5.75 Å². The van der Waals surface area contributed by atoms with E-state index in [2.05, 4.69) is 10.2 Å². The number of carbonyl (C=O) groups excluding carboxylic acids is 1. The molecular weight excluding hydrogens is 338 g/mol. The summed E-state index contributed by atoms with van der Waals surface area (Å²) in [6.45, 7) is 4.32. The number of nitrogens with one attached hydrogen (secondary N) is 1. The van der Waals surface area contributed by atoms with E-state index in [9.17, 15) is 4.79 Å². The molecule has 130 valence electrons. The fourth-order valence-electron chi connectivity index (χ4n) is 3.47. The van der Waals surface area contributed by atoms with E-state index in [4.69, 9.17) is 21.3 Å². The Morgan fingerprint density at radius 2 is 2.08 bits per heavy atom. The number of halogens is 1. The van der Waals surface area contributed by atoms with Gasteiger partial charge in [0.2, 0.25) is 0 Å². The fraction of sp³-hybridized carbons (Fsp3) is 0.368. The monoisotopic (exact) mass is 357 g/mol. The fourth-order valence-corrected chi connectivity index (χ4v) is 3.65. The van der Waals surface area contributed by atoms with Crippen LogP contribution in [0.25, 0.3) is 0 Å². The van der Waals surface area contributed by atoms with Crippen molar-refractivity contribution in [2.75, 3.05) is 18.0 Å². The first-order chi connectivity index (χ1) is 12.1. The van der Waals surface area contributed by atoms with Crippen LogP contribution >= 0.6 is 11.6 Å². The van der Waals surface area contributed by atoms with Crippen LogP contribution in [0.4, 0.5) is 5.82 Å². The summed E-state index contributed by atoms with van der Waals surface area (Å²) in [6.07, 6.45) is 2.05.